The summed E-state index contributed by atoms with van der Waals surface area (Å²) in [5.41, 5.74) is -1.22. The zero-order chi connectivity index (χ0) is 10.9. The molecule has 0 unspecified atom stereocenters. The molecule has 0 atom stereocenters. The van der Waals surface area contributed by atoms with Crippen LogP contribution in [0.25, 0.3) is 0 Å². The number of hydrogen-bond acceptors (Lipinski definition) is 1. The molecule has 76 valence electrons. The first-order valence-electron chi connectivity index (χ1n) is 3.54. The van der Waals surface area contributed by atoms with Crippen molar-refractivity contribution >= 4 is 41.0 Å². The Bertz CT molecular complexity index is 378. The summed E-state index contributed by atoms with van der Waals surface area (Å²) >= 11 is 1.65. The van der Waals surface area contributed by atoms with Crippen molar-refractivity contribution in [3.63, 3.8) is 0 Å². The van der Waals surface area contributed by atoms with Crippen LogP contribution in [0.5, 0.6) is 0 Å². The van der Waals surface area contributed by atoms with Crippen LogP contribution in [-0.4, -0.2) is 18.1 Å². The van der Waals surface area contributed by atoms with Gasteiger partial charge in [-0.2, -0.15) is 0 Å². The first kappa shape index (κ1) is 11.4. The molecule has 0 fully saturated rings. The number of carboxylic acid groups (broad SMARTS) is 1. The molecule has 0 amide bonds. The lowest BCUT2D eigenvalue weighted by atomic mass is 9.79. The number of aromatic carboxylic acids is 1. The smallest absolute Gasteiger partial charge is 0.478 e. The fourth-order valence-electron chi connectivity index (χ4n) is 0.925. The van der Waals surface area contributed by atoms with Gasteiger partial charge in [0.1, 0.15) is 0 Å². The number of carbonyl (C=O) groups is 1. The van der Waals surface area contributed by atoms with Crippen molar-refractivity contribution in [2.45, 2.75) is 0 Å². The molecule has 0 aliphatic rings. The lowest BCUT2D eigenvalue weighted by molar-refractivity contribution is 0.0697. The molecule has 0 aliphatic heterocycles. The first-order chi connectivity index (χ1) is 6.30. The van der Waals surface area contributed by atoms with Gasteiger partial charge in [-0.15, -0.1) is 5.46 Å². The molecular formula is C7H4BF3IO2-. The number of hydrogen-bond donors (Lipinski definition) is 1. The summed E-state index contributed by atoms with van der Waals surface area (Å²) in [5.74, 6) is -1.36. The number of halogens is 4. The van der Waals surface area contributed by atoms with Gasteiger partial charge < -0.3 is 18.1 Å². The van der Waals surface area contributed by atoms with E-state index in [0.717, 1.165) is 6.07 Å². The highest BCUT2D eigenvalue weighted by Crippen LogP contribution is 2.14. The lowest BCUT2D eigenvalue weighted by Gasteiger charge is -2.15. The van der Waals surface area contributed by atoms with Crippen LogP contribution in [0.2, 0.25) is 0 Å². The Morgan fingerprint density at radius 2 is 1.86 bits per heavy atom. The van der Waals surface area contributed by atoms with Crippen LogP contribution >= 0.6 is 22.6 Å². The summed E-state index contributed by atoms with van der Waals surface area (Å²) in [5, 5.41) is 8.54. The van der Waals surface area contributed by atoms with Crippen molar-refractivity contribution in [1.29, 1.82) is 0 Å². The second-order valence-electron chi connectivity index (χ2n) is 2.65. The van der Waals surface area contributed by atoms with Gasteiger partial charge in [0.15, 0.2) is 0 Å². The van der Waals surface area contributed by atoms with Gasteiger partial charge in [-0.1, -0.05) is 12.1 Å². The van der Waals surface area contributed by atoms with Gasteiger partial charge in [0.25, 0.3) is 0 Å². The maximum atomic E-state index is 12.3. The maximum absolute atomic E-state index is 12.3. The Morgan fingerprint density at radius 1 is 1.29 bits per heavy atom. The average Bonchev–Trinajstić information content (AvgIpc) is 2.01. The minimum absolute atomic E-state index is 0.261. The van der Waals surface area contributed by atoms with E-state index in [1.165, 1.54) is 6.07 Å². The van der Waals surface area contributed by atoms with Crippen molar-refractivity contribution in [3.05, 3.63) is 27.3 Å². The fourth-order valence-corrected chi connectivity index (χ4v) is 1.62. The molecule has 0 aromatic heterocycles. The third-order valence-corrected chi connectivity index (χ3v) is 2.17. The standard InChI is InChI=1S/C7H4BF3IO2/c9-8(10,11)5-1-4(7(13)14)2-6(12)3-5/h1-3H,(H,13,14)/q-1. The van der Waals surface area contributed by atoms with E-state index in [4.69, 9.17) is 5.11 Å². The molecule has 0 saturated carbocycles. The Balaban J connectivity index is 3.28. The summed E-state index contributed by atoms with van der Waals surface area (Å²) in [6, 6.07) is 2.76. The quantitative estimate of drug-likeness (QED) is 0.670. The second-order valence-corrected chi connectivity index (χ2v) is 3.90. The molecule has 0 spiro atoms. The molecule has 7 heteroatoms. The van der Waals surface area contributed by atoms with E-state index in [1.807, 2.05) is 0 Å². The third-order valence-electron chi connectivity index (χ3n) is 1.55. The zero-order valence-corrected chi connectivity index (χ0v) is 8.83. The monoisotopic (exact) mass is 315 g/mol. The molecule has 1 N–H and O–H groups in total. The Morgan fingerprint density at radius 3 is 2.29 bits per heavy atom. The first-order valence-corrected chi connectivity index (χ1v) is 4.62. The number of carboxylic acids is 1. The van der Waals surface area contributed by atoms with Crippen molar-refractivity contribution in [1.82, 2.24) is 0 Å². The van der Waals surface area contributed by atoms with Crippen LogP contribution in [0, 0.1) is 3.57 Å². The minimum Gasteiger partial charge on any atom is -0.478 e. The molecule has 1 aromatic rings. The summed E-state index contributed by atoms with van der Waals surface area (Å²) in [6.07, 6.45) is 0. The van der Waals surface area contributed by atoms with E-state index in [9.17, 15) is 17.7 Å². The molecule has 0 bridgehead atoms. The Labute approximate surface area is 91.3 Å². The highest BCUT2D eigenvalue weighted by Gasteiger charge is 2.26. The largest absolute Gasteiger partial charge is 0.509 e. The van der Waals surface area contributed by atoms with Gasteiger partial charge in [0.2, 0.25) is 0 Å². The van der Waals surface area contributed by atoms with Gasteiger partial charge in [-0.25, -0.2) is 4.79 Å². The summed E-state index contributed by atoms with van der Waals surface area (Å²) in [4.78, 5) is 10.5. The van der Waals surface area contributed by atoms with Crippen molar-refractivity contribution < 1.29 is 22.8 Å². The van der Waals surface area contributed by atoms with Gasteiger partial charge >= 0.3 is 12.9 Å². The van der Waals surface area contributed by atoms with E-state index in [0.29, 0.717) is 6.07 Å². The molecule has 0 heterocycles. The van der Waals surface area contributed by atoms with Crippen LogP contribution in [0.4, 0.5) is 12.9 Å². The third kappa shape index (κ3) is 2.63. The van der Waals surface area contributed by atoms with Crippen molar-refractivity contribution in [2.75, 3.05) is 0 Å². The summed E-state index contributed by atoms with van der Waals surface area (Å²) in [6.45, 7) is -5.14. The minimum atomic E-state index is -5.14. The predicted octanol–water partition coefficient (Wildman–Crippen LogP) is 2.04. The lowest BCUT2D eigenvalue weighted by Crippen LogP contribution is -2.34. The van der Waals surface area contributed by atoms with E-state index >= 15 is 0 Å². The average molecular weight is 315 g/mol. The predicted molar refractivity (Wildman–Crippen MR) is 54.8 cm³/mol. The fraction of sp³-hybridized carbons (Fsp3) is 0. The molecule has 2 nitrogen and oxygen atoms in total. The van der Waals surface area contributed by atoms with E-state index in [-0.39, 0.29) is 9.13 Å². The van der Waals surface area contributed by atoms with Crippen LogP contribution in [-0.2, 0) is 0 Å². The Kier molecular flexibility index (Phi) is 3.08. The molecule has 0 radical (unpaired) electrons. The van der Waals surface area contributed by atoms with Crippen LogP contribution in [0.15, 0.2) is 18.2 Å². The molecule has 0 aliphatic carbocycles. The highest BCUT2D eigenvalue weighted by molar-refractivity contribution is 14.1. The molecule has 14 heavy (non-hydrogen) atoms. The van der Waals surface area contributed by atoms with Gasteiger partial charge in [-0.3, -0.25) is 0 Å². The summed E-state index contributed by atoms with van der Waals surface area (Å²) < 4.78 is 37.1. The van der Waals surface area contributed by atoms with Gasteiger partial charge in [0.05, 0.1) is 5.56 Å². The highest BCUT2D eigenvalue weighted by atomic mass is 127. The van der Waals surface area contributed by atoms with Crippen LogP contribution in [0.1, 0.15) is 10.4 Å². The SMILES string of the molecule is O=C(O)c1cc(I)cc([B-](F)(F)F)c1. The van der Waals surface area contributed by atoms with Crippen LogP contribution < -0.4 is 5.46 Å². The van der Waals surface area contributed by atoms with E-state index in [1.54, 1.807) is 22.6 Å². The normalized spacial score (nSPS) is 11.4. The number of rotatable bonds is 2. The van der Waals surface area contributed by atoms with Gasteiger partial charge in [-0.05, 0) is 28.7 Å². The van der Waals surface area contributed by atoms with Crippen LogP contribution in [0.3, 0.4) is 0 Å². The molecule has 0 saturated heterocycles. The van der Waals surface area contributed by atoms with E-state index in [2.05, 4.69) is 0 Å². The molecular weight excluding hydrogens is 311 g/mol. The van der Waals surface area contributed by atoms with Gasteiger partial charge in [0, 0.05) is 3.57 Å². The van der Waals surface area contributed by atoms with Crippen molar-refractivity contribution in [2.24, 2.45) is 0 Å². The number of benzene rings is 1. The molecule has 1 rings (SSSR count). The second kappa shape index (κ2) is 3.80. The topological polar surface area (TPSA) is 37.3 Å². The molecule has 1 aromatic carbocycles. The van der Waals surface area contributed by atoms with E-state index < -0.39 is 18.4 Å². The zero-order valence-electron chi connectivity index (χ0n) is 6.68. The maximum Gasteiger partial charge on any atom is 0.509 e. The van der Waals surface area contributed by atoms with Crippen molar-refractivity contribution in [3.8, 4) is 0 Å². The Hall–Kier alpha value is -0.725. The summed E-state index contributed by atoms with van der Waals surface area (Å²) in [7, 11) is 0.